The van der Waals surface area contributed by atoms with E-state index in [1.165, 1.54) is 12.0 Å². The van der Waals surface area contributed by atoms with Gasteiger partial charge in [-0.05, 0) is 24.8 Å². The van der Waals surface area contributed by atoms with Gasteiger partial charge in [0, 0.05) is 45.8 Å². The molecule has 5 heteroatoms. The average molecular weight is 329 g/mol. The highest BCUT2D eigenvalue weighted by Gasteiger charge is 2.26. The fraction of sp³-hybridized carbons (Fsp3) is 0.579. The van der Waals surface area contributed by atoms with Crippen LogP contribution >= 0.6 is 0 Å². The Morgan fingerprint density at radius 2 is 1.42 bits per heavy atom. The molecular weight excluding hydrogens is 302 g/mol. The maximum absolute atomic E-state index is 12.2. The zero-order valence-electron chi connectivity index (χ0n) is 14.3. The van der Waals surface area contributed by atoms with Gasteiger partial charge in [-0.2, -0.15) is 0 Å². The van der Waals surface area contributed by atoms with Crippen molar-refractivity contribution in [3.8, 4) is 0 Å². The van der Waals surface area contributed by atoms with Gasteiger partial charge in [0.1, 0.15) is 0 Å². The summed E-state index contributed by atoms with van der Waals surface area (Å²) in [6.07, 6.45) is 3.22. The molecule has 0 bridgehead atoms. The van der Waals surface area contributed by atoms with Gasteiger partial charge in [0.05, 0.1) is 6.54 Å². The smallest absolute Gasteiger partial charge is 0.291 e. The Balaban J connectivity index is 1.41. The molecule has 2 aliphatic heterocycles. The first-order valence-electron chi connectivity index (χ1n) is 9.03. The molecule has 0 atom stereocenters. The van der Waals surface area contributed by atoms with Crippen LogP contribution in [0.4, 0.5) is 0 Å². The van der Waals surface area contributed by atoms with Crippen molar-refractivity contribution in [1.82, 2.24) is 14.7 Å². The lowest BCUT2D eigenvalue weighted by Crippen LogP contribution is -2.50. The molecule has 0 radical (unpaired) electrons. The molecule has 1 amide bonds. The second-order valence-electron chi connectivity index (χ2n) is 6.81. The summed E-state index contributed by atoms with van der Waals surface area (Å²) < 4.78 is 0. The van der Waals surface area contributed by atoms with E-state index >= 15 is 0 Å². The second kappa shape index (κ2) is 8.40. The van der Waals surface area contributed by atoms with Gasteiger partial charge in [-0.25, -0.2) is 0 Å². The van der Waals surface area contributed by atoms with Crippen molar-refractivity contribution in [2.45, 2.75) is 25.8 Å². The number of hydrogen-bond acceptors (Lipinski definition) is 4. The van der Waals surface area contributed by atoms with E-state index < -0.39 is 0 Å². The van der Waals surface area contributed by atoms with Crippen molar-refractivity contribution >= 4 is 11.7 Å². The number of rotatable bonds is 5. The summed E-state index contributed by atoms with van der Waals surface area (Å²) in [6, 6.07) is 10.5. The third-order valence-corrected chi connectivity index (χ3v) is 4.96. The molecule has 24 heavy (non-hydrogen) atoms. The Bertz CT molecular complexity index is 547. The standard InChI is InChI=1S/C19H27N3O2/c23-18(19(24)22-9-5-2-6-10-22)16-21-13-11-20(12-14-21)15-17-7-3-1-4-8-17/h1,3-4,7-8H,2,5-6,9-16H2. The zero-order valence-corrected chi connectivity index (χ0v) is 14.3. The summed E-state index contributed by atoms with van der Waals surface area (Å²) in [5.41, 5.74) is 1.32. The molecule has 1 aromatic rings. The SMILES string of the molecule is O=C(CN1CCN(Cc2ccccc2)CC1)C(=O)N1CCCCC1. The van der Waals surface area contributed by atoms with Crippen LogP contribution in [0, 0.1) is 0 Å². The number of nitrogens with zero attached hydrogens (tertiary/aromatic N) is 3. The van der Waals surface area contributed by atoms with Crippen molar-refractivity contribution in [3.63, 3.8) is 0 Å². The van der Waals surface area contributed by atoms with Crippen LogP contribution < -0.4 is 0 Å². The van der Waals surface area contributed by atoms with Gasteiger partial charge in [-0.1, -0.05) is 30.3 Å². The van der Waals surface area contributed by atoms with E-state index in [0.29, 0.717) is 0 Å². The van der Waals surface area contributed by atoms with Crippen LogP contribution in [-0.4, -0.2) is 72.2 Å². The first-order chi connectivity index (χ1) is 11.7. The van der Waals surface area contributed by atoms with E-state index in [1.807, 2.05) is 6.07 Å². The first kappa shape index (κ1) is 17.1. The van der Waals surface area contributed by atoms with Crippen LogP contribution in [0.2, 0.25) is 0 Å². The molecule has 5 nitrogen and oxygen atoms in total. The molecule has 2 aliphatic rings. The Labute approximate surface area is 144 Å². The first-order valence-corrected chi connectivity index (χ1v) is 9.03. The van der Waals surface area contributed by atoms with Gasteiger partial charge in [0.15, 0.2) is 0 Å². The van der Waals surface area contributed by atoms with Gasteiger partial charge >= 0.3 is 0 Å². The van der Waals surface area contributed by atoms with E-state index in [9.17, 15) is 9.59 Å². The topological polar surface area (TPSA) is 43.9 Å². The molecule has 2 heterocycles. The summed E-state index contributed by atoms with van der Waals surface area (Å²) >= 11 is 0. The normalized spacial score (nSPS) is 20.1. The number of carbonyl (C=O) groups is 2. The number of hydrogen-bond donors (Lipinski definition) is 0. The van der Waals surface area contributed by atoms with Gasteiger partial charge < -0.3 is 4.90 Å². The van der Waals surface area contributed by atoms with E-state index in [1.54, 1.807) is 4.90 Å². The number of ketones is 1. The highest BCUT2D eigenvalue weighted by molar-refractivity contribution is 6.36. The fourth-order valence-corrected chi connectivity index (χ4v) is 3.49. The minimum absolute atomic E-state index is 0.242. The molecule has 0 unspecified atom stereocenters. The summed E-state index contributed by atoms with van der Waals surface area (Å²) in [7, 11) is 0. The van der Waals surface area contributed by atoms with Gasteiger partial charge in [0.25, 0.3) is 5.91 Å². The van der Waals surface area contributed by atoms with Crippen molar-refractivity contribution in [2.24, 2.45) is 0 Å². The molecule has 2 saturated heterocycles. The molecule has 0 aliphatic carbocycles. The number of piperazine rings is 1. The Morgan fingerprint density at radius 1 is 0.792 bits per heavy atom. The lowest BCUT2D eigenvalue weighted by atomic mass is 10.1. The summed E-state index contributed by atoms with van der Waals surface area (Å²) in [5, 5.41) is 0. The maximum atomic E-state index is 12.2. The largest absolute Gasteiger partial charge is 0.336 e. The zero-order chi connectivity index (χ0) is 16.8. The predicted octanol–water partition coefficient (Wildman–Crippen LogP) is 1.39. The Morgan fingerprint density at radius 3 is 2.08 bits per heavy atom. The Kier molecular flexibility index (Phi) is 5.99. The highest BCUT2D eigenvalue weighted by Crippen LogP contribution is 2.11. The molecule has 1 aromatic carbocycles. The van der Waals surface area contributed by atoms with Crippen LogP contribution in [0.1, 0.15) is 24.8 Å². The number of Topliss-reactive ketones (excluding diaryl/α,β-unsaturated/α-hetero) is 1. The molecular formula is C19H27N3O2. The summed E-state index contributed by atoms with van der Waals surface area (Å²) in [4.78, 5) is 30.7. The molecule has 2 fully saturated rings. The third-order valence-electron chi connectivity index (χ3n) is 4.96. The number of benzene rings is 1. The molecule has 3 rings (SSSR count). The van der Waals surface area contributed by atoms with Crippen molar-refractivity contribution in [3.05, 3.63) is 35.9 Å². The van der Waals surface area contributed by atoms with Gasteiger partial charge in [0.2, 0.25) is 5.78 Å². The Hall–Kier alpha value is -1.72. The molecule has 130 valence electrons. The highest BCUT2D eigenvalue weighted by atomic mass is 16.2. The van der Waals surface area contributed by atoms with E-state index in [4.69, 9.17) is 0 Å². The lowest BCUT2D eigenvalue weighted by molar-refractivity contribution is -0.146. The summed E-state index contributed by atoms with van der Waals surface area (Å²) in [5.74, 6) is -0.519. The summed E-state index contributed by atoms with van der Waals surface area (Å²) in [6.45, 7) is 6.31. The van der Waals surface area contributed by atoms with E-state index in [0.717, 1.165) is 58.7 Å². The number of carbonyl (C=O) groups excluding carboxylic acids is 2. The van der Waals surface area contributed by atoms with E-state index in [-0.39, 0.29) is 18.2 Å². The number of amides is 1. The minimum atomic E-state index is -0.276. The van der Waals surface area contributed by atoms with Gasteiger partial charge in [-0.3, -0.25) is 19.4 Å². The van der Waals surface area contributed by atoms with Crippen LogP contribution in [-0.2, 0) is 16.1 Å². The molecule has 0 N–H and O–H groups in total. The molecule has 0 aromatic heterocycles. The van der Waals surface area contributed by atoms with Crippen LogP contribution in [0.25, 0.3) is 0 Å². The molecule has 0 saturated carbocycles. The fourth-order valence-electron chi connectivity index (χ4n) is 3.49. The van der Waals surface area contributed by atoms with Crippen molar-refractivity contribution in [2.75, 3.05) is 45.8 Å². The van der Waals surface area contributed by atoms with Crippen LogP contribution in [0.15, 0.2) is 30.3 Å². The third kappa shape index (κ3) is 4.65. The average Bonchev–Trinajstić information content (AvgIpc) is 2.64. The quantitative estimate of drug-likeness (QED) is 0.766. The van der Waals surface area contributed by atoms with Crippen LogP contribution in [0.3, 0.4) is 0 Å². The molecule has 0 spiro atoms. The van der Waals surface area contributed by atoms with Crippen molar-refractivity contribution in [1.29, 1.82) is 0 Å². The van der Waals surface area contributed by atoms with Crippen molar-refractivity contribution < 1.29 is 9.59 Å². The monoisotopic (exact) mass is 329 g/mol. The second-order valence-corrected chi connectivity index (χ2v) is 6.81. The number of likely N-dealkylation sites (tertiary alicyclic amines) is 1. The maximum Gasteiger partial charge on any atom is 0.291 e. The van der Waals surface area contributed by atoms with E-state index in [2.05, 4.69) is 34.1 Å². The number of piperidine rings is 1. The predicted molar refractivity (Wildman–Crippen MR) is 93.6 cm³/mol. The van der Waals surface area contributed by atoms with Gasteiger partial charge in [-0.15, -0.1) is 0 Å². The van der Waals surface area contributed by atoms with Crippen LogP contribution in [0.5, 0.6) is 0 Å². The minimum Gasteiger partial charge on any atom is -0.336 e. The lowest BCUT2D eigenvalue weighted by Gasteiger charge is -2.34.